The largest absolute Gasteiger partial charge is 0.385 e. The summed E-state index contributed by atoms with van der Waals surface area (Å²) in [7, 11) is 0. The first-order valence-corrected chi connectivity index (χ1v) is 8.21. The maximum absolute atomic E-state index is 6.37. The molecule has 0 amide bonds. The molecule has 0 fully saturated rings. The van der Waals surface area contributed by atoms with E-state index in [1.807, 2.05) is 49.1 Å². The van der Waals surface area contributed by atoms with Crippen molar-refractivity contribution in [1.82, 2.24) is 14.5 Å². The molecule has 0 bridgehead atoms. The van der Waals surface area contributed by atoms with Crippen molar-refractivity contribution in [3.63, 3.8) is 0 Å². The van der Waals surface area contributed by atoms with Crippen LogP contribution >= 0.6 is 0 Å². The summed E-state index contributed by atoms with van der Waals surface area (Å²) in [6.45, 7) is 0.795. The van der Waals surface area contributed by atoms with Crippen molar-refractivity contribution in [3.05, 3.63) is 72.8 Å². The molecule has 0 unspecified atom stereocenters. The maximum atomic E-state index is 6.37. The summed E-state index contributed by atoms with van der Waals surface area (Å²) < 4.78 is 10.8. The summed E-state index contributed by atoms with van der Waals surface area (Å²) in [5, 5.41) is 1.09. The van der Waals surface area contributed by atoms with Gasteiger partial charge in [-0.2, -0.15) is 0 Å². The second kappa shape index (κ2) is 4.54. The fraction of sp³-hybridized carbons (Fsp3) is 0.0500. The van der Waals surface area contributed by atoms with E-state index < -0.39 is 0 Å². The van der Waals surface area contributed by atoms with E-state index in [-0.39, 0.29) is 0 Å². The van der Waals surface area contributed by atoms with Gasteiger partial charge in [-0.15, -0.1) is 4.57 Å². The van der Waals surface area contributed by atoms with E-state index in [2.05, 4.69) is 37.3 Å². The highest BCUT2D eigenvalue weighted by atomic mass is 16.4. The molecule has 1 aliphatic heterocycles. The number of benzene rings is 1. The molecule has 5 heteroatoms. The predicted octanol–water partition coefficient (Wildman–Crippen LogP) is 3.48. The number of rotatable bonds is 1. The fourth-order valence-electron chi connectivity index (χ4n) is 3.81. The lowest BCUT2D eigenvalue weighted by atomic mass is 10.2. The molecule has 5 aromatic rings. The fourth-order valence-corrected chi connectivity index (χ4v) is 3.81. The highest BCUT2D eigenvalue weighted by molar-refractivity contribution is 6.03. The minimum Gasteiger partial charge on any atom is -0.380 e. The van der Waals surface area contributed by atoms with Crippen molar-refractivity contribution in [2.24, 2.45) is 0 Å². The zero-order valence-corrected chi connectivity index (χ0v) is 13.3. The van der Waals surface area contributed by atoms with Crippen LogP contribution < -0.4 is 4.57 Å². The molecule has 1 aliphatic rings. The van der Waals surface area contributed by atoms with Crippen LogP contribution in [0.25, 0.3) is 39.3 Å². The highest BCUT2D eigenvalue weighted by Crippen LogP contribution is 2.36. The van der Waals surface area contributed by atoms with Gasteiger partial charge in [0.25, 0.3) is 11.2 Å². The average molecular weight is 325 g/mol. The molecule has 0 N–H and O–H groups in total. The van der Waals surface area contributed by atoms with E-state index in [0.29, 0.717) is 0 Å². The number of pyridine rings is 2. The monoisotopic (exact) mass is 325 g/mol. The van der Waals surface area contributed by atoms with Crippen molar-refractivity contribution in [1.29, 1.82) is 0 Å². The Bertz CT molecular complexity index is 1270. The van der Waals surface area contributed by atoms with Crippen LogP contribution in [0.1, 0.15) is 5.56 Å². The van der Waals surface area contributed by atoms with Crippen molar-refractivity contribution in [2.45, 2.75) is 6.54 Å². The van der Waals surface area contributed by atoms with Gasteiger partial charge < -0.3 is 4.42 Å². The number of para-hydroxylation sites is 1. The molecule has 0 saturated heterocycles. The lowest BCUT2D eigenvalue weighted by Crippen LogP contribution is -2.30. The first-order chi connectivity index (χ1) is 12.4. The third-order valence-electron chi connectivity index (χ3n) is 4.89. The zero-order valence-electron chi connectivity index (χ0n) is 13.3. The Hall–Kier alpha value is -3.47. The summed E-state index contributed by atoms with van der Waals surface area (Å²) >= 11 is 0. The van der Waals surface area contributed by atoms with Gasteiger partial charge in [-0.05, 0) is 24.3 Å². The molecule has 1 aromatic carbocycles. The number of aromatic nitrogens is 4. The van der Waals surface area contributed by atoms with E-state index >= 15 is 0 Å². The van der Waals surface area contributed by atoms with Crippen molar-refractivity contribution in [3.8, 4) is 17.1 Å². The second-order valence-electron chi connectivity index (χ2n) is 6.24. The second-order valence-corrected chi connectivity index (χ2v) is 6.24. The summed E-state index contributed by atoms with van der Waals surface area (Å²) in [6.07, 6.45) is 7.45. The average Bonchev–Trinajstić information content (AvgIpc) is 3.29. The van der Waals surface area contributed by atoms with Gasteiger partial charge in [-0.3, -0.25) is 14.5 Å². The Morgan fingerprint density at radius 3 is 2.72 bits per heavy atom. The number of oxazole rings is 1. The quantitative estimate of drug-likeness (QED) is 0.435. The SMILES string of the molecule is c1ccc(-n2c3ccncc3c3c2oc2[n+]3Cc3ccncc3-2)cc1. The van der Waals surface area contributed by atoms with E-state index in [1.165, 1.54) is 5.56 Å². The first kappa shape index (κ1) is 12.9. The predicted molar refractivity (Wildman–Crippen MR) is 93.4 cm³/mol. The zero-order chi connectivity index (χ0) is 16.4. The number of nitrogens with zero attached hydrogens (tertiary/aromatic N) is 4. The molecule has 0 atom stereocenters. The Morgan fingerprint density at radius 1 is 0.960 bits per heavy atom. The molecule has 4 aromatic heterocycles. The van der Waals surface area contributed by atoms with Crippen LogP contribution in [-0.4, -0.2) is 14.5 Å². The topological polar surface area (TPSA) is 47.7 Å². The van der Waals surface area contributed by atoms with Crippen LogP contribution in [0.15, 0.2) is 71.7 Å². The molecule has 5 nitrogen and oxygen atoms in total. The Balaban J connectivity index is 1.78. The van der Waals surface area contributed by atoms with Gasteiger partial charge in [0.05, 0.1) is 10.9 Å². The van der Waals surface area contributed by atoms with Crippen LogP contribution in [0.5, 0.6) is 0 Å². The molecule has 0 saturated carbocycles. The minimum atomic E-state index is 0.795. The Kier molecular flexibility index (Phi) is 2.34. The summed E-state index contributed by atoms with van der Waals surface area (Å²) in [5.74, 6) is 0.864. The van der Waals surface area contributed by atoms with Gasteiger partial charge in [0.15, 0.2) is 6.54 Å². The molecule has 6 rings (SSSR count). The summed E-state index contributed by atoms with van der Waals surface area (Å²) in [5.41, 5.74) is 6.40. The van der Waals surface area contributed by atoms with Gasteiger partial charge in [0.1, 0.15) is 5.56 Å². The normalized spacial score (nSPS) is 12.6. The molecule has 5 heterocycles. The van der Waals surface area contributed by atoms with Crippen LogP contribution in [0.2, 0.25) is 0 Å². The number of hydrogen-bond donors (Lipinski definition) is 0. The van der Waals surface area contributed by atoms with Crippen LogP contribution in [0, 0.1) is 0 Å². The summed E-state index contributed by atoms with van der Waals surface area (Å²) in [6, 6.07) is 14.4. The van der Waals surface area contributed by atoms with E-state index in [1.54, 1.807) is 0 Å². The minimum absolute atomic E-state index is 0.795. The number of hydrogen-bond acceptors (Lipinski definition) is 3. The van der Waals surface area contributed by atoms with Crippen molar-refractivity contribution < 1.29 is 8.98 Å². The van der Waals surface area contributed by atoms with Gasteiger partial charge in [0, 0.05) is 36.0 Å². The molecule has 0 spiro atoms. The standard InChI is InChI=1S/C20H13N4O/c1-2-4-14(5-3-1)24-17-7-9-22-11-16(17)18-20(24)25-19-15-10-21-8-6-13(15)12-23(18)19/h1-11H,12H2/q+1. The highest BCUT2D eigenvalue weighted by Gasteiger charge is 2.37. The molecular formula is C20H13N4O+. The molecule has 25 heavy (non-hydrogen) atoms. The van der Waals surface area contributed by atoms with Crippen LogP contribution in [0.3, 0.4) is 0 Å². The van der Waals surface area contributed by atoms with Gasteiger partial charge >= 0.3 is 5.89 Å². The van der Waals surface area contributed by atoms with E-state index in [0.717, 1.165) is 45.8 Å². The third-order valence-corrected chi connectivity index (χ3v) is 4.89. The molecule has 0 aliphatic carbocycles. The maximum Gasteiger partial charge on any atom is 0.385 e. The van der Waals surface area contributed by atoms with Gasteiger partial charge in [-0.25, -0.2) is 0 Å². The molecule has 0 radical (unpaired) electrons. The van der Waals surface area contributed by atoms with Crippen molar-refractivity contribution >= 4 is 22.1 Å². The van der Waals surface area contributed by atoms with Gasteiger partial charge in [-0.1, -0.05) is 18.2 Å². The van der Waals surface area contributed by atoms with E-state index in [4.69, 9.17) is 4.42 Å². The Labute approximate surface area is 142 Å². The summed E-state index contributed by atoms with van der Waals surface area (Å²) in [4.78, 5) is 8.60. The Morgan fingerprint density at radius 2 is 1.80 bits per heavy atom. The number of fused-ring (bicyclic) bond motifs is 7. The third kappa shape index (κ3) is 1.59. The smallest absolute Gasteiger partial charge is 0.380 e. The first-order valence-electron chi connectivity index (χ1n) is 8.21. The molecule has 118 valence electrons. The van der Waals surface area contributed by atoms with Crippen LogP contribution in [-0.2, 0) is 6.54 Å². The molecular weight excluding hydrogens is 312 g/mol. The van der Waals surface area contributed by atoms with E-state index in [9.17, 15) is 0 Å². The lowest BCUT2D eigenvalue weighted by molar-refractivity contribution is -0.648. The van der Waals surface area contributed by atoms with Gasteiger partial charge in [0.2, 0.25) is 0 Å². The van der Waals surface area contributed by atoms with Crippen LogP contribution in [0.4, 0.5) is 0 Å². The lowest BCUT2D eigenvalue weighted by Gasteiger charge is -2.03. The van der Waals surface area contributed by atoms with Crippen molar-refractivity contribution in [2.75, 3.05) is 0 Å².